The SMILES string of the molecule is C=C1c2ccccc2-c2ccccc2[Si]1(C)c1ccccc1. The normalized spacial score (nSPS) is 19.4. The molecule has 22 heavy (non-hydrogen) atoms. The second-order valence-corrected chi connectivity index (χ2v) is 10.0. The van der Waals surface area contributed by atoms with Gasteiger partial charge in [-0.05, 0) is 32.3 Å². The number of rotatable bonds is 1. The summed E-state index contributed by atoms with van der Waals surface area (Å²) in [4.78, 5) is 0. The zero-order valence-corrected chi connectivity index (χ0v) is 13.7. The number of benzene rings is 3. The van der Waals surface area contributed by atoms with Gasteiger partial charge in [0.2, 0.25) is 0 Å². The van der Waals surface area contributed by atoms with Crippen LogP contribution in [0.4, 0.5) is 0 Å². The molecule has 0 spiro atoms. The van der Waals surface area contributed by atoms with Gasteiger partial charge in [0.1, 0.15) is 8.07 Å². The Morgan fingerprint density at radius 2 is 1.18 bits per heavy atom. The van der Waals surface area contributed by atoms with Crippen LogP contribution < -0.4 is 10.4 Å². The van der Waals surface area contributed by atoms with Gasteiger partial charge in [-0.15, -0.1) is 0 Å². The maximum atomic E-state index is 4.55. The molecule has 0 aromatic heterocycles. The third kappa shape index (κ3) is 1.69. The Kier molecular flexibility index (Phi) is 2.91. The molecule has 1 aliphatic heterocycles. The van der Waals surface area contributed by atoms with Gasteiger partial charge in [-0.25, -0.2) is 0 Å². The van der Waals surface area contributed by atoms with Crippen LogP contribution in [-0.2, 0) is 0 Å². The van der Waals surface area contributed by atoms with Crippen LogP contribution in [0.25, 0.3) is 16.3 Å². The Morgan fingerprint density at radius 3 is 1.91 bits per heavy atom. The van der Waals surface area contributed by atoms with Crippen LogP contribution in [0, 0.1) is 0 Å². The lowest BCUT2D eigenvalue weighted by molar-refractivity contribution is 1.56. The van der Waals surface area contributed by atoms with Crippen molar-refractivity contribution in [1.29, 1.82) is 0 Å². The Bertz CT molecular complexity index is 864. The van der Waals surface area contributed by atoms with Crippen LogP contribution in [0.15, 0.2) is 85.4 Å². The molecule has 0 saturated carbocycles. The lowest BCUT2D eigenvalue weighted by Crippen LogP contribution is -2.58. The van der Waals surface area contributed by atoms with Gasteiger partial charge < -0.3 is 0 Å². The van der Waals surface area contributed by atoms with Gasteiger partial charge in [0, 0.05) is 0 Å². The summed E-state index contributed by atoms with van der Waals surface area (Å²) < 4.78 is 0. The summed E-state index contributed by atoms with van der Waals surface area (Å²) in [5, 5.41) is 4.22. The van der Waals surface area contributed by atoms with E-state index >= 15 is 0 Å². The van der Waals surface area contributed by atoms with Crippen molar-refractivity contribution in [1.82, 2.24) is 0 Å². The summed E-state index contributed by atoms with van der Waals surface area (Å²) >= 11 is 0. The molecule has 1 atom stereocenters. The lowest BCUT2D eigenvalue weighted by Gasteiger charge is -2.38. The molecule has 0 saturated heterocycles. The fourth-order valence-electron chi connectivity index (χ4n) is 3.67. The third-order valence-electron chi connectivity index (χ3n) is 4.96. The standard InChI is InChI=1S/C21H18Si/c1-16-18-12-6-7-13-19(18)20-14-8-9-15-21(20)22(16,2)17-10-4-3-5-11-17/h3-15H,1H2,2H3. The van der Waals surface area contributed by atoms with Gasteiger partial charge in [0.05, 0.1) is 0 Å². The highest BCUT2D eigenvalue weighted by Crippen LogP contribution is 2.38. The maximum Gasteiger partial charge on any atom is 0.146 e. The Labute approximate surface area is 132 Å². The van der Waals surface area contributed by atoms with E-state index in [0.29, 0.717) is 0 Å². The van der Waals surface area contributed by atoms with E-state index in [1.54, 1.807) is 0 Å². The van der Waals surface area contributed by atoms with E-state index in [4.69, 9.17) is 0 Å². The molecule has 4 rings (SSSR count). The Morgan fingerprint density at radius 1 is 0.636 bits per heavy atom. The van der Waals surface area contributed by atoms with Gasteiger partial charge in [-0.3, -0.25) is 0 Å². The third-order valence-corrected chi connectivity index (χ3v) is 9.44. The molecule has 3 aromatic carbocycles. The van der Waals surface area contributed by atoms with Crippen molar-refractivity contribution in [2.45, 2.75) is 6.55 Å². The van der Waals surface area contributed by atoms with Crippen molar-refractivity contribution < 1.29 is 0 Å². The molecule has 3 aromatic rings. The largest absolute Gasteiger partial charge is 0.146 e. The molecule has 0 fully saturated rings. The zero-order chi connectivity index (χ0) is 15.2. The first-order chi connectivity index (χ1) is 10.7. The van der Waals surface area contributed by atoms with E-state index in [1.165, 1.54) is 32.3 Å². The van der Waals surface area contributed by atoms with E-state index in [1.807, 2.05) is 0 Å². The molecule has 1 aliphatic rings. The molecule has 0 aliphatic carbocycles. The van der Waals surface area contributed by atoms with Gasteiger partial charge in [0.15, 0.2) is 0 Å². The summed E-state index contributed by atoms with van der Waals surface area (Å²) in [6.07, 6.45) is 0. The first-order valence-corrected chi connectivity index (χ1v) is 10.2. The van der Waals surface area contributed by atoms with E-state index in [2.05, 4.69) is 92.0 Å². The van der Waals surface area contributed by atoms with Crippen LogP contribution in [0.1, 0.15) is 5.56 Å². The minimum atomic E-state index is -1.98. The van der Waals surface area contributed by atoms with Crippen LogP contribution in [0.3, 0.4) is 0 Å². The molecule has 0 bridgehead atoms. The average molecular weight is 298 g/mol. The Hall–Kier alpha value is -2.38. The fraction of sp³-hybridized carbons (Fsp3) is 0.0476. The van der Waals surface area contributed by atoms with Crippen LogP contribution in [0.2, 0.25) is 6.55 Å². The molecule has 1 unspecified atom stereocenters. The van der Waals surface area contributed by atoms with Crippen molar-refractivity contribution in [2.24, 2.45) is 0 Å². The summed E-state index contributed by atoms with van der Waals surface area (Å²) in [7, 11) is -1.98. The number of hydrogen-bond acceptors (Lipinski definition) is 0. The van der Waals surface area contributed by atoms with Crippen LogP contribution in [0.5, 0.6) is 0 Å². The zero-order valence-electron chi connectivity index (χ0n) is 12.7. The smallest absolute Gasteiger partial charge is 0.0984 e. The van der Waals surface area contributed by atoms with Gasteiger partial charge >= 0.3 is 0 Å². The first-order valence-electron chi connectivity index (χ1n) is 7.67. The summed E-state index contributed by atoms with van der Waals surface area (Å²) in [6, 6.07) is 28.5. The van der Waals surface area contributed by atoms with Crippen molar-refractivity contribution >= 4 is 23.6 Å². The second kappa shape index (κ2) is 4.82. The lowest BCUT2D eigenvalue weighted by atomic mass is 9.99. The van der Waals surface area contributed by atoms with Crippen molar-refractivity contribution in [3.63, 3.8) is 0 Å². The predicted molar refractivity (Wildman–Crippen MR) is 98.2 cm³/mol. The highest BCUT2D eigenvalue weighted by Gasteiger charge is 2.41. The summed E-state index contributed by atoms with van der Waals surface area (Å²) in [5.41, 5.74) is 4.02. The van der Waals surface area contributed by atoms with Crippen LogP contribution in [-0.4, -0.2) is 8.07 Å². The number of hydrogen-bond donors (Lipinski definition) is 0. The molecule has 0 radical (unpaired) electrons. The average Bonchev–Trinajstić information content (AvgIpc) is 2.60. The van der Waals surface area contributed by atoms with Crippen molar-refractivity contribution in [3.05, 3.63) is 91.0 Å². The fourth-order valence-corrected chi connectivity index (χ4v) is 7.45. The molecule has 0 amide bonds. The van der Waals surface area contributed by atoms with E-state index in [-0.39, 0.29) is 0 Å². The summed E-state index contributed by atoms with van der Waals surface area (Å²) in [5.74, 6) is 0. The molecular weight excluding hydrogens is 280 g/mol. The molecular formula is C21H18Si. The number of fused-ring (bicyclic) bond motifs is 3. The minimum Gasteiger partial charge on any atom is -0.0984 e. The van der Waals surface area contributed by atoms with E-state index < -0.39 is 8.07 Å². The first kappa shape index (κ1) is 13.3. The highest BCUT2D eigenvalue weighted by atomic mass is 28.3. The summed E-state index contributed by atoms with van der Waals surface area (Å²) in [6.45, 7) is 6.98. The highest BCUT2D eigenvalue weighted by molar-refractivity contribution is 7.15. The molecule has 1 heterocycles. The van der Waals surface area contributed by atoms with E-state index in [0.717, 1.165) is 0 Å². The van der Waals surface area contributed by atoms with Crippen molar-refractivity contribution in [3.8, 4) is 11.1 Å². The second-order valence-electron chi connectivity index (χ2n) is 6.06. The topological polar surface area (TPSA) is 0 Å². The quantitative estimate of drug-likeness (QED) is 0.593. The van der Waals surface area contributed by atoms with Crippen molar-refractivity contribution in [2.75, 3.05) is 0 Å². The van der Waals surface area contributed by atoms with Gasteiger partial charge in [0.25, 0.3) is 0 Å². The Balaban J connectivity index is 2.09. The molecule has 1 heteroatoms. The minimum absolute atomic E-state index is 1.31. The van der Waals surface area contributed by atoms with Crippen LogP contribution >= 0.6 is 0 Å². The predicted octanol–water partition coefficient (Wildman–Crippen LogP) is 4.11. The maximum absolute atomic E-state index is 4.55. The molecule has 0 nitrogen and oxygen atoms in total. The van der Waals surface area contributed by atoms with Gasteiger partial charge in [-0.2, -0.15) is 0 Å². The van der Waals surface area contributed by atoms with E-state index in [9.17, 15) is 0 Å². The monoisotopic (exact) mass is 298 g/mol. The van der Waals surface area contributed by atoms with Gasteiger partial charge in [-0.1, -0.05) is 92.0 Å². The molecule has 106 valence electrons. The molecule has 0 N–H and O–H groups in total.